The van der Waals surface area contributed by atoms with Crippen LogP contribution in [0.25, 0.3) is 10.2 Å². The summed E-state index contributed by atoms with van der Waals surface area (Å²) in [6, 6.07) is 12.4. The van der Waals surface area contributed by atoms with Gasteiger partial charge in [0.1, 0.15) is 0 Å². The molecular weight excluding hydrogens is 320 g/mol. The molecule has 0 aliphatic heterocycles. The van der Waals surface area contributed by atoms with E-state index in [1.165, 1.54) is 17.4 Å². The van der Waals surface area contributed by atoms with Gasteiger partial charge < -0.3 is 5.11 Å². The lowest BCUT2D eigenvalue weighted by atomic mass is 10.1. The molecule has 1 aromatic heterocycles. The lowest BCUT2D eigenvalue weighted by Gasteiger charge is -2.04. The molecule has 3 aromatic rings. The Labute approximate surface area is 134 Å². The van der Waals surface area contributed by atoms with Gasteiger partial charge in [0, 0.05) is 17.9 Å². The van der Waals surface area contributed by atoms with Gasteiger partial charge in [0.2, 0.25) is 0 Å². The highest BCUT2D eigenvalue weighted by Crippen LogP contribution is 2.33. The zero-order valence-corrected chi connectivity index (χ0v) is 13.1. The van der Waals surface area contributed by atoms with Gasteiger partial charge in [0.15, 0.2) is 4.34 Å². The Bertz CT molecular complexity index is 833. The van der Waals surface area contributed by atoms with Crippen LogP contribution in [-0.4, -0.2) is 15.0 Å². The highest BCUT2D eigenvalue weighted by Gasteiger charge is 2.11. The number of benzene rings is 2. The van der Waals surface area contributed by atoms with Gasteiger partial charge in [-0.2, -0.15) is 0 Å². The number of nitro benzene ring substituents is 1. The van der Waals surface area contributed by atoms with E-state index < -0.39 is 4.92 Å². The number of thioether (sulfide) groups is 1. The summed E-state index contributed by atoms with van der Waals surface area (Å²) in [4.78, 5) is 14.9. The van der Waals surface area contributed by atoms with Crippen molar-refractivity contribution in [2.75, 3.05) is 0 Å². The first-order valence-corrected chi connectivity index (χ1v) is 8.33. The zero-order valence-electron chi connectivity index (χ0n) is 11.4. The van der Waals surface area contributed by atoms with E-state index in [9.17, 15) is 15.2 Å². The van der Waals surface area contributed by atoms with E-state index in [0.717, 1.165) is 25.7 Å². The number of hydrogen-bond donors (Lipinski definition) is 1. The fraction of sp³-hybridized carbons (Fsp3) is 0.133. The molecule has 0 fully saturated rings. The van der Waals surface area contributed by atoms with Gasteiger partial charge in [-0.25, -0.2) is 4.98 Å². The van der Waals surface area contributed by atoms with Crippen molar-refractivity contribution in [1.29, 1.82) is 0 Å². The standard InChI is InChI=1S/C15H12N2O3S2/c18-8-10-3-1-2-4-11(10)9-21-15-16-13-6-5-12(17(19)20)7-14(13)22-15/h1-7,18H,8-9H2. The summed E-state index contributed by atoms with van der Waals surface area (Å²) in [6.45, 7) is 0.0166. The third kappa shape index (κ3) is 3.11. The van der Waals surface area contributed by atoms with E-state index >= 15 is 0 Å². The summed E-state index contributed by atoms with van der Waals surface area (Å²) >= 11 is 3.02. The smallest absolute Gasteiger partial charge is 0.270 e. The molecule has 0 amide bonds. The number of aromatic nitrogens is 1. The largest absolute Gasteiger partial charge is 0.392 e. The van der Waals surface area contributed by atoms with Crippen LogP contribution in [0.1, 0.15) is 11.1 Å². The predicted molar refractivity (Wildman–Crippen MR) is 88.2 cm³/mol. The van der Waals surface area contributed by atoms with Crippen molar-refractivity contribution in [3.63, 3.8) is 0 Å². The van der Waals surface area contributed by atoms with Gasteiger partial charge in [0.25, 0.3) is 5.69 Å². The van der Waals surface area contributed by atoms with Crippen molar-refractivity contribution in [1.82, 2.24) is 4.98 Å². The Morgan fingerprint density at radius 2 is 2.00 bits per heavy atom. The maximum Gasteiger partial charge on any atom is 0.270 e. The molecule has 3 rings (SSSR count). The number of nitro groups is 1. The maximum atomic E-state index is 10.8. The second-order valence-corrected chi connectivity index (χ2v) is 6.86. The molecule has 0 unspecified atom stereocenters. The summed E-state index contributed by atoms with van der Waals surface area (Å²) in [5.41, 5.74) is 2.83. The predicted octanol–water partition coefficient (Wildman–Crippen LogP) is 3.99. The molecule has 0 spiro atoms. The van der Waals surface area contributed by atoms with Gasteiger partial charge in [-0.05, 0) is 17.2 Å². The van der Waals surface area contributed by atoms with Gasteiger partial charge in [-0.15, -0.1) is 11.3 Å². The van der Waals surface area contributed by atoms with Gasteiger partial charge in [0.05, 0.1) is 21.7 Å². The van der Waals surface area contributed by atoms with Crippen LogP contribution in [0.4, 0.5) is 5.69 Å². The molecule has 0 aliphatic rings. The Balaban J connectivity index is 1.81. The van der Waals surface area contributed by atoms with Crippen LogP contribution >= 0.6 is 23.1 Å². The fourth-order valence-corrected chi connectivity index (χ4v) is 4.19. The molecule has 0 saturated carbocycles. The summed E-state index contributed by atoms with van der Waals surface area (Å²) in [7, 11) is 0. The number of non-ortho nitro benzene ring substituents is 1. The van der Waals surface area contributed by atoms with Crippen LogP contribution in [-0.2, 0) is 12.4 Å². The number of thiazole rings is 1. The first-order chi connectivity index (χ1) is 10.7. The van der Waals surface area contributed by atoms with Crippen LogP contribution in [0, 0.1) is 10.1 Å². The topological polar surface area (TPSA) is 76.3 Å². The number of hydrogen-bond acceptors (Lipinski definition) is 6. The van der Waals surface area contributed by atoms with Crippen LogP contribution in [0.5, 0.6) is 0 Å². The minimum atomic E-state index is -0.399. The number of fused-ring (bicyclic) bond motifs is 1. The molecule has 112 valence electrons. The Morgan fingerprint density at radius 1 is 1.23 bits per heavy atom. The highest BCUT2D eigenvalue weighted by atomic mass is 32.2. The number of rotatable bonds is 5. The Kier molecular flexibility index (Phi) is 4.37. The molecule has 0 aliphatic carbocycles. The number of aliphatic hydroxyl groups is 1. The third-order valence-electron chi connectivity index (χ3n) is 3.20. The minimum absolute atomic E-state index is 0.0166. The molecule has 0 saturated heterocycles. The molecule has 0 bridgehead atoms. The summed E-state index contributed by atoms with van der Waals surface area (Å²) in [6.07, 6.45) is 0. The van der Waals surface area contributed by atoms with Crippen molar-refractivity contribution < 1.29 is 10.0 Å². The number of aliphatic hydroxyl groups excluding tert-OH is 1. The van der Waals surface area contributed by atoms with Gasteiger partial charge in [-0.3, -0.25) is 10.1 Å². The van der Waals surface area contributed by atoms with E-state index in [0.29, 0.717) is 5.75 Å². The van der Waals surface area contributed by atoms with E-state index in [2.05, 4.69) is 4.98 Å². The van der Waals surface area contributed by atoms with E-state index in [4.69, 9.17) is 0 Å². The van der Waals surface area contributed by atoms with Crippen molar-refractivity contribution in [2.24, 2.45) is 0 Å². The quantitative estimate of drug-likeness (QED) is 0.434. The van der Waals surface area contributed by atoms with Crippen molar-refractivity contribution >= 4 is 39.0 Å². The maximum absolute atomic E-state index is 10.8. The molecular formula is C15H12N2O3S2. The monoisotopic (exact) mass is 332 g/mol. The molecule has 7 heteroatoms. The average Bonchev–Trinajstić information content (AvgIpc) is 2.95. The summed E-state index contributed by atoms with van der Waals surface area (Å²) in [5.74, 6) is 0.707. The normalized spacial score (nSPS) is 11.0. The number of nitrogens with zero attached hydrogens (tertiary/aromatic N) is 2. The fourth-order valence-electron chi connectivity index (χ4n) is 2.06. The average molecular weight is 332 g/mol. The molecule has 2 aromatic carbocycles. The van der Waals surface area contributed by atoms with Crippen LogP contribution in [0.3, 0.4) is 0 Å². The van der Waals surface area contributed by atoms with Crippen molar-refractivity contribution in [3.05, 3.63) is 63.7 Å². The zero-order chi connectivity index (χ0) is 15.5. The molecule has 1 N–H and O–H groups in total. The molecule has 0 radical (unpaired) electrons. The molecule has 1 heterocycles. The molecule has 22 heavy (non-hydrogen) atoms. The minimum Gasteiger partial charge on any atom is -0.392 e. The highest BCUT2D eigenvalue weighted by molar-refractivity contribution is 8.00. The van der Waals surface area contributed by atoms with Crippen molar-refractivity contribution in [3.8, 4) is 0 Å². The molecule has 5 nitrogen and oxygen atoms in total. The van der Waals surface area contributed by atoms with Gasteiger partial charge >= 0.3 is 0 Å². The summed E-state index contributed by atoms with van der Waals surface area (Å²) < 4.78 is 1.68. The Hall–Kier alpha value is -1.96. The molecule has 0 atom stereocenters. The van der Waals surface area contributed by atoms with E-state index in [-0.39, 0.29) is 12.3 Å². The summed E-state index contributed by atoms with van der Waals surface area (Å²) in [5, 5.41) is 20.1. The lowest BCUT2D eigenvalue weighted by molar-refractivity contribution is -0.384. The second-order valence-electron chi connectivity index (χ2n) is 4.60. The van der Waals surface area contributed by atoms with Crippen LogP contribution in [0.2, 0.25) is 0 Å². The van der Waals surface area contributed by atoms with E-state index in [1.807, 2.05) is 24.3 Å². The second kappa shape index (κ2) is 6.43. The first-order valence-electron chi connectivity index (χ1n) is 6.53. The lowest BCUT2D eigenvalue weighted by Crippen LogP contribution is -1.91. The van der Waals surface area contributed by atoms with Gasteiger partial charge in [-0.1, -0.05) is 36.0 Å². The van der Waals surface area contributed by atoms with E-state index in [1.54, 1.807) is 23.9 Å². The first kappa shape index (κ1) is 15.0. The Morgan fingerprint density at radius 3 is 2.73 bits per heavy atom. The SMILES string of the molecule is O=[N+]([O-])c1ccc2nc(SCc3ccccc3CO)sc2c1. The van der Waals surface area contributed by atoms with Crippen molar-refractivity contribution in [2.45, 2.75) is 16.7 Å². The van der Waals surface area contributed by atoms with Crippen LogP contribution < -0.4 is 0 Å². The van der Waals surface area contributed by atoms with Crippen LogP contribution in [0.15, 0.2) is 46.8 Å². The third-order valence-corrected chi connectivity index (χ3v) is 5.41.